The van der Waals surface area contributed by atoms with Gasteiger partial charge in [-0.15, -0.1) is 0 Å². The molecule has 3 aromatic rings. The first-order valence-corrected chi connectivity index (χ1v) is 15.1. The van der Waals surface area contributed by atoms with Gasteiger partial charge in [0.15, 0.2) is 0 Å². The van der Waals surface area contributed by atoms with Crippen LogP contribution >= 0.6 is 0 Å². The molecule has 2 aliphatic rings. The summed E-state index contributed by atoms with van der Waals surface area (Å²) in [4.78, 5) is 24.8. The van der Waals surface area contributed by atoms with Crippen LogP contribution in [-0.4, -0.2) is 48.4 Å². The third kappa shape index (κ3) is 5.93. The van der Waals surface area contributed by atoms with Crippen molar-refractivity contribution in [2.75, 3.05) is 17.9 Å². The van der Waals surface area contributed by atoms with Gasteiger partial charge in [-0.1, -0.05) is 44.5 Å². The van der Waals surface area contributed by atoms with E-state index in [-0.39, 0.29) is 35.3 Å². The van der Waals surface area contributed by atoms with Gasteiger partial charge in [-0.2, -0.15) is 4.98 Å². The van der Waals surface area contributed by atoms with E-state index in [1.54, 1.807) is 18.2 Å². The molecule has 39 heavy (non-hydrogen) atoms. The molecule has 1 fully saturated rings. The maximum Gasteiger partial charge on any atom is 0.264 e. The van der Waals surface area contributed by atoms with Gasteiger partial charge in [-0.3, -0.25) is 4.79 Å². The number of amides is 1. The lowest BCUT2D eigenvalue weighted by Gasteiger charge is -2.38. The highest BCUT2D eigenvalue weighted by atomic mass is 32.2. The van der Waals surface area contributed by atoms with Gasteiger partial charge in [-0.05, 0) is 74.3 Å². The molecule has 1 aliphatic heterocycles. The van der Waals surface area contributed by atoms with Crippen molar-refractivity contribution in [2.24, 2.45) is 11.8 Å². The maximum absolute atomic E-state index is 13.9. The van der Waals surface area contributed by atoms with E-state index >= 15 is 0 Å². The number of fused-ring (bicyclic) bond motifs is 4. The summed E-state index contributed by atoms with van der Waals surface area (Å²) < 4.78 is 35.7. The van der Waals surface area contributed by atoms with Crippen molar-refractivity contribution in [2.45, 2.75) is 64.3 Å². The Kier molecular flexibility index (Phi) is 7.62. The minimum atomic E-state index is -4.07. The fourth-order valence-corrected chi connectivity index (χ4v) is 6.38. The third-order valence-corrected chi connectivity index (χ3v) is 8.93. The van der Waals surface area contributed by atoms with Gasteiger partial charge in [0, 0.05) is 23.7 Å². The molecule has 2 heterocycles. The molecule has 1 saturated carbocycles. The third-order valence-electron chi connectivity index (χ3n) is 7.61. The normalized spacial score (nSPS) is 19.3. The van der Waals surface area contributed by atoms with E-state index in [0.29, 0.717) is 29.6 Å². The number of aryl methyl sites for hydroxylation is 2. The van der Waals surface area contributed by atoms with E-state index in [9.17, 15) is 13.2 Å². The summed E-state index contributed by atoms with van der Waals surface area (Å²) in [7, 11) is -4.07. The molecule has 1 aliphatic carbocycles. The first kappa shape index (κ1) is 27.1. The molecular formula is C30H36N4O4S. The SMILES string of the molecule is Cc1cccc(C)c1-c1cc2nc(n1)NS(=O)(=O)c1cccc(c1)C(=O)N(CC1CCC1)[C@H](CC(C)C)CO2. The number of carbonyl (C=O) groups is 1. The van der Waals surface area contributed by atoms with Crippen molar-refractivity contribution in [3.63, 3.8) is 0 Å². The summed E-state index contributed by atoms with van der Waals surface area (Å²) in [5, 5.41) is 0. The van der Waals surface area contributed by atoms with Crippen LogP contribution in [0.4, 0.5) is 5.95 Å². The van der Waals surface area contributed by atoms with Gasteiger partial charge in [0.1, 0.15) is 6.61 Å². The van der Waals surface area contributed by atoms with E-state index in [0.717, 1.165) is 36.0 Å². The lowest BCUT2D eigenvalue weighted by molar-refractivity contribution is 0.0479. The van der Waals surface area contributed by atoms with E-state index in [2.05, 4.69) is 28.5 Å². The minimum absolute atomic E-state index is 0.0138. The predicted molar refractivity (Wildman–Crippen MR) is 151 cm³/mol. The summed E-state index contributed by atoms with van der Waals surface area (Å²) in [6.07, 6.45) is 4.09. The zero-order valence-corrected chi connectivity index (χ0v) is 23.8. The average molecular weight is 549 g/mol. The molecule has 0 unspecified atom stereocenters. The number of hydrogen-bond donors (Lipinski definition) is 1. The molecule has 5 rings (SSSR count). The second kappa shape index (κ2) is 11.0. The zero-order valence-electron chi connectivity index (χ0n) is 23.0. The van der Waals surface area contributed by atoms with Crippen molar-refractivity contribution in [3.05, 3.63) is 65.2 Å². The Balaban J connectivity index is 1.65. The minimum Gasteiger partial charge on any atom is -0.475 e. The van der Waals surface area contributed by atoms with Crippen LogP contribution in [0.25, 0.3) is 11.3 Å². The van der Waals surface area contributed by atoms with Crippen LogP contribution < -0.4 is 9.46 Å². The van der Waals surface area contributed by atoms with Crippen molar-refractivity contribution < 1.29 is 17.9 Å². The highest BCUT2D eigenvalue weighted by Gasteiger charge is 2.32. The number of anilines is 1. The molecule has 2 aromatic carbocycles. The molecule has 1 N–H and O–H groups in total. The Morgan fingerprint density at radius 2 is 1.77 bits per heavy atom. The fourth-order valence-electron chi connectivity index (χ4n) is 5.39. The molecule has 0 spiro atoms. The molecule has 1 amide bonds. The van der Waals surface area contributed by atoms with Crippen LogP contribution in [0.1, 0.15) is 61.0 Å². The van der Waals surface area contributed by atoms with Crippen LogP contribution in [0.15, 0.2) is 53.4 Å². The summed E-state index contributed by atoms with van der Waals surface area (Å²) in [6.45, 7) is 9.11. The number of benzene rings is 2. The number of nitrogens with one attached hydrogen (secondary N) is 1. The Morgan fingerprint density at radius 1 is 1.05 bits per heavy atom. The molecule has 206 valence electrons. The molecule has 0 saturated heterocycles. The summed E-state index contributed by atoms with van der Waals surface area (Å²) in [6, 6.07) is 13.7. The molecule has 1 aromatic heterocycles. The number of sulfonamides is 1. The van der Waals surface area contributed by atoms with Crippen molar-refractivity contribution in [1.29, 1.82) is 0 Å². The quantitative estimate of drug-likeness (QED) is 0.445. The van der Waals surface area contributed by atoms with Crippen molar-refractivity contribution >= 4 is 21.9 Å². The summed E-state index contributed by atoms with van der Waals surface area (Å²) >= 11 is 0. The second-order valence-electron chi connectivity index (χ2n) is 11.2. The first-order chi connectivity index (χ1) is 18.6. The van der Waals surface area contributed by atoms with Crippen LogP contribution in [0.5, 0.6) is 5.88 Å². The lowest BCUT2D eigenvalue weighted by Crippen LogP contribution is -2.47. The topological polar surface area (TPSA) is 101 Å². The number of nitrogens with zero attached hydrogens (tertiary/aromatic N) is 3. The second-order valence-corrected chi connectivity index (χ2v) is 12.8. The zero-order chi connectivity index (χ0) is 27.7. The smallest absolute Gasteiger partial charge is 0.264 e. The monoisotopic (exact) mass is 548 g/mol. The standard InChI is InChI=1S/C30H36N4O4S/c1-19(2)14-24-18-38-27-16-26(28-20(3)8-5-9-21(28)4)31-30(32-27)33-39(36,37)25-13-7-12-23(15-25)29(35)34(24)17-22-10-6-11-22/h5,7-9,12-13,15-16,19,22,24H,6,10-11,14,17-18H2,1-4H3,(H,31,32,33)/t24-/m1/s1. The number of carbonyl (C=O) groups excluding carboxylic acids is 1. The van der Waals surface area contributed by atoms with Crippen molar-refractivity contribution in [1.82, 2.24) is 14.9 Å². The lowest BCUT2D eigenvalue weighted by atomic mass is 9.84. The molecule has 4 bridgehead atoms. The van der Waals surface area contributed by atoms with Gasteiger partial charge in [0.25, 0.3) is 15.9 Å². The van der Waals surface area contributed by atoms with Crippen LogP contribution in [-0.2, 0) is 10.0 Å². The predicted octanol–water partition coefficient (Wildman–Crippen LogP) is 5.61. The van der Waals surface area contributed by atoms with Crippen LogP contribution in [0, 0.1) is 25.7 Å². The Labute approximate surface area is 230 Å². The van der Waals surface area contributed by atoms with Crippen LogP contribution in [0.2, 0.25) is 0 Å². The van der Waals surface area contributed by atoms with Gasteiger partial charge in [0.05, 0.1) is 16.6 Å². The van der Waals surface area contributed by atoms with Crippen molar-refractivity contribution in [3.8, 4) is 17.1 Å². The number of rotatable bonds is 5. The average Bonchev–Trinajstić information content (AvgIpc) is 2.85. The molecule has 8 nitrogen and oxygen atoms in total. The Morgan fingerprint density at radius 3 is 2.44 bits per heavy atom. The molecule has 9 heteroatoms. The van der Waals surface area contributed by atoms with Crippen LogP contribution in [0.3, 0.4) is 0 Å². The van der Waals surface area contributed by atoms with Gasteiger partial charge >= 0.3 is 0 Å². The largest absolute Gasteiger partial charge is 0.475 e. The maximum atomic E-state index is 13.9. The number of hydrogen-bond acceptors (Lipinski definition) is 6. The fraction of sp³-hybridized carbons (Fsp3) is 0.433. The van der Waals surface area contributed by atoms with E-state index < -0.39 is 10.0 Å². The molecule has 0 radical (unpaired) electrons. The number of ether oxygens (including phenoxy) is 1. The van der Waals surface area contributed by atoms with E-state index in [1.807, 2.05) is 36.9 Å². The van der Waals surface area contributed by atoms with E-state index in [4.69, 9.17) is 4.74 Å². The van der Waals surface area contributed by atoms with Gasteiger partial charge in [-0.25, -0.2) is 18.1 Å². The Hall–Kier alpha value is -3.46. The van der Waals surface area contributed by atoms with Gasteiger partial charge in [0.2, 0.25) is 11.8 Å². The van der Waals surface area contributed by atoms with Gasteiger partial charge < -0.3 is 9.64 Å². The highest BCUT2D eigenvalue weighted by Crippen LogP contribution is 2.32. The Bertz CT molecular complexity index is 1460. The molecule has 1 atom stereocenters. The number of aromatic nitrogens is 2. The summed E-state index contributed by atoms with van der Waals surface area (Å²) in [5.74, 6) is 0.769. The molecular weight excluding hydrogens is 512 g/mol. The summed E-state index contributed by atoms with van der Waals surface area (Å²) in [5.41, 5.74) is 3.83. The highest BCUT2D eigenvalue weighted by molar-refractivity contribution is 7.92. The first-order valence-electron chi connectivity index (χ1n) is 13.6. The van der Waals surface area contributed by atoms with E-state index in [1.165, 1.54) is 18.6 Å².